The smallest absolute Gasteiger partial charge is 0.332 e. The molecule has 0 aliphatic carbocycles. The molecule has 21 heavy (non-hydrogen) atoms. The molecule has 0 aromatic heterocycles. The Bertz CT molecular complexity index is 461. The number of rotatable bonds is 6. The van der Waals surface area contributed by atoms with Crippen molar-refractivity contribution in [1.29, 1.82) is 0 Å². The number of carbonyl (C=O) groups is 1. The number of ether oxygens (including phenoxy) is 2. The Labute approximate surface area is 120 Å². The first kappa shape index (κ1) is 18.4. The molecule has 0 bridgehead atoms. The number of hydrogen-bond acceptors (Lipinski definition) is 7. The van der Waals surface area contributed by atoms with E-state index in [4.69, 9.17) is 4.74 Å². The van der Waals surface area contributed by atoms with E-state index in [1.54, 1.807) is 6.92 Å². The Hall–Kier alpha value is -2.55. The van der Waals surface area contributed by atoms with Crippen molar-refractivity contribution < 1.29 is 24.1 Å². The van der Waals surface area contributed by atoms with Gasteiger partial charge in [0.15, 0.2) is 0 Å². The van der Waals surface area contributed by atoms with Gasteiger partial charge in [-0.1, -0.05) is 0 Å². The van der Waals surface area contributed by atoms with Crippen molar-refractivity contribution in [3.63, 3.8) is 0 Å². The van der Waals surface area contributed by atoms with Crippen LogP contribution in [0.1, 0.15) is 13.8 Å². The maximum Gasteiger partial charge on any atom is 0.332 e. The molecular formula is C12H16N2O7. The minimum Gasteiger partial charge on any atom is -0.464 e. The molecule has 0 saturated heterocycles. The predicted octanol–water partition coefficient (Wildman–Crippen LogP) is 2.09. The monoisotopic (exact) mass is 300 g/mol. The molecule has 0 aliphatic rings. The number of esters is 1. The van der Waals surface area contributed by atoms with E-state index in [0.29, 0.717) is 13.2 Å². The first-order valence-electron chi connectivity index (χ1n) is 6.04. The molecule has 0 spiro atoms. The average molecular weight is 300 g/mol. The number of non-ortho nitro benzene ring substituents is 2. The van der Waals surface area contributed by atoms with Crippen molar-refractivity contribution in [2.45, 2.75) is 13.8 Å². The lowest BCUT2D eigenvalue weighted by Crippen LogP contribution is -2.11. The average Bonchev–Trinajstić information content (AvgIpc) is 2.46. The van der Waals surface area contributed by atoms with Crippen molar-refractivity contribution in [3.8, 4) is 0 Å². The molecule has 0 heterocycles. The van der Waals surface area contributed by atoms with Gasteiger partial charge in [0.05, 0.1) is 22.5 Å². The third-order valence-corrected chi connectivity index (χ3v) is 1.98. The highest BCUT2D eigenvalue weighted by Crippen LogP contribution is 2.18. The molecule has 0 fully saturated rings. The molecule has 0 atom stereocenters. The maximum absolute atomic E-state index is 10.5. The second-order valence-electron chi connectivity index (χ2n) is 3.48. The molecule has 116 valence electrons. The molecule has 9 heteroatoms. The van der Waals surface area contributed by atoms with E-state index in [-0.39, 0.29) is 24.0 Å². The van der Waals surface area contributed by atoms with Gasteiger partial charge in [0.25, 0.3) is 11.4 Å². The summed E-state index contributed by atoms with van der Waals surface area (Å²) in [6.07, 6.45) is 0. The minimum absolute atomic E-state index is 0.0737. The van der Waals surface area contributed by atoms with Crippen LogP contribution in [0.15, 0.2) is 24.3 Å². The van der Waals surface area contributed by atoms with Gasteiger partial charge >= 0.3 is 5.97 Å². The Morgan fingerprint density at radius 3 is 2.00 bits per heavy atom. The molecule has 0 aliphatic heterocycles. The number of nitro groups is 2. The van der Waals surface area contributed by atoms with Crippen molar-refractivity contribution in [1.82, 2.24) is 0 Å². The van der Waals surface area contributed by atoms with Gasteiger partial charge in [-0.25, -0.2) is 4.79 Å². The summed E-state index contributed by atoms with van der Waals surface area (Å²) in [7, 11) is 0. The molecule has 0 unspecified atom stereocenters. The number of hydrogen-bond donors (Lipinski definition) is 0. The van der Waals surface area contributed by atoms with Gasteiger partial charge in [-0.15, -0.1) is 0 Å². The van der Waals surface area contributed by atoms with E-state index in [2.05, 4.69) is 4.74 Å². The molecule has 0 N–H and O–H groups in total. The van der Waals surface area contributed by atoms with Crippen molar-refractivity contribution in [3.05, 3.63) is 44.5 Å². The van der Waals surface area contributed by atoms with Gasteiger partial charge in [0.1, 0.15) is 6.61 Å². The lowest BCUT2D eigenvalue weighted by Gasteiger charge is -1.99. The van der Waals surface area contributed by atoms with Crippen molar-refractivity contribution >= 4 is 17.3 Å². The van der Waals surface area contributed by atoms with E-state index in [0.717, 1.165) is 6.07 Å². The molecule has 0 amide bonds. The molecule has 0 radical (unpaired) electrons. The highest BCUT2D eigenvalue weighted by Gasteiger charge is 2.11. The third-order valence-electron chi connectivity index (χ3n) is 1.98. The van der Waals surface area contributed by atoms with E-state index in [1.807, 2.05) is 6.92 Å². The van der Waals surface area contributed by atoms with E-state index < -0.39 is 9.85 Å². The van der Waals surface area contributed by atoms with E-state index in [9.17, 15) is 25.0 Å². The lowest BCUT2D eigenvalue weighted by molar-refractivity contribution is -0.394. The second kappa shape index (κ2) is 10.3. The predicted molar refractivity (Wildman–Crippen MR) is 72.9 cm³/mol. The van der Waals surface area contributed by atoms with Crippen molar-refractivity contribution in [2.24, 2.45) is 0 Å². The van der Waals surface area contributed by atoms with E-state index >= 15 is 0 Å². The summed E-state index contributed by atoms with van der Waals surface area (Å²) >= 11 is 0. The maximum atomic E-state index is 10.5. The van der Waals surface area contributed by atoms with Gasteiger partial charge < -0.3 is 9.47 Å². The number of benzene rings is 1. The van der Waals surface area contributed by atoms with Crippen LogP contribution in [0.2, 0.25) is 0 Å². The zero-order valence-electron chi connectivity index (χ0n) is 11.7. The van der Waals surface area contributed by atoms with Crippen LogP contribution in [0.5, 0.6) is 0 Å². The van der Waals surface area contributed by atoms with Crippen LogP contribution < -0.4 is 0 Å². The standard InChI is InChI=1S/C6H4N2O4.C6H12O3/c9-7(10)5-2-1-3-6(4-5)8(11)12;1-3-8-5-6(7)9-4-2/h1-4H;3-5H2,1-2H3. The van der Waals surface area contributed by atoms with Crippen LogP contribution in [-0.2, 0) is 14.3 Å². The van der Waals surface area contributed by atoms with Crippen molar-refractivity contribution in [2.75, 3.05) is 19.8 Å². The van der Waals surface area contributed by atoms with Gasteiger partial charge in [-0.05, 0) is 19.9 Å². The second-order valence-corrected chi connectivity index (χ2v) is 3.48. The first-order valence-corrected chi connectivity index (χ1v) is 6.04. The highest BCUT2D eigenvalue weighted by molar-refractivity contribution is 5.70. The van der Waals surface area contributed by atoms with Crippen LogP contribution in [0, 0.1) is 20.2 Å². The molecule has 1 rings (SSSR count). The first-order chi connectivity index (χ1) is 9.92. The zero-order valence-corrected chi connectivity index (χ0v) is 11.7. The molecule has 9 nitrogen and oxygen atoms in total. The van der Waals surface area contributed by atoms with Crippen LogP contribution >= 0.6 is 0 Å². The fraction of sp³-hybridized carbons (Fsp3) is 0.417. The highest BCUT2D eigenvalue weighted by atomic mass is 16.6. The Morgan fingerprint density at radius 2 is 1.62 bits per heavy atom. The minimum atomic E-state index is -0.674. The molecule has 0 saturated carbocycles. The summed E-state index contributed by atoms with van der Waals surface area (Å²) in [4.78, 5) is 29.4. The Morgan fingerprint density at radius 1 is 1.10 bits per heavy atom. The fourth-order valence-electron chi connectivity index (χ4n) is 1.11. The molecular weight excluding hydrogens is 284 g/mol. The molecule has 1 aromatic rings. The fourth-order valence-corrected chi connectivity index (χ4v) is 1.11. The van der Waals surface area contributed by atoms with Gasteiger partial charge in [-0.2, -0.15) is 0 Å². The number of nitro benzene ring substituents is 2. The number of carbonyl (C=O) groups excluding carboxylic acids is 1. The Kier molecular flexibility index (Phi) is 9.02. The number of nitrogens with zero attached hydrogens (tertiary/aromatic N) is 2. The van der Waals surface area contributed by atoms with Gasteiger partial charge in [0, 0.05) is 18.7 Å². The summed E-state index contributed by atoms with van der Waals surface area (Å²) in [5, 5.41) is 20.3. The normalized spacial score (nSPS) is 9.24. The SMILES string of the molecule is CCOCC(=O)OCC.O=[N+]([O-])c1cccc([N+](=O)[O-])c1. The third kappa shape index (κ3) is 8.26. The van der Waals surface area contributed by atoms with Crippen LogP contribution in [-0.4, -0.2) is 35.6 Å². The summed E-state index contributed by atoms with van der Waals surface area (Å²) in [5.41, 5.74) is -0.548. The zero-order chi connectivity index (χ0) is 16.3. The quantitative estimate of drug-likeness (QED) is 0.447. The topological polar surface area (TPSA) is 122 Å². The van der Waals surface area contributed by atoms with E-state index in [1.165, 1.54) is 18.2 Å². The summed E-state index contributed by atoms with van der Waals surface area (Å²) in [6, 6.07) is 4.59. The van der Waals surface area contributed by atoms with Gasteiger partial charge in [-0.3, -0.25) is 20.2 Å². The van der Waals surface area contributed by atoms with Gasteiger partial charge in [0.2, 0.25) is 0 Å². The Balaban J connectivity index is 0.000000400. The molecule has 1 aromatic carbocycles. The van der Waals surface area contributed by atoms with Crippen LogP contribution in [0.3, 0.4) is 0 Å². The summed E-state index contributed by atoms with van der Waals surface area (Å²) in [5.74, 6) is -0.292. The largest absolute Gasteiger partial charge is 0.464 e. The van der Waals surface area contributed by atoms with Crippen LogP contribution in [0.25, 0.3) is 0 Å². The lowest BCUT2D eigenvalue weighted by atomic mass is 10.3. The van der Waals surface area contributed by atoms with Crippen LogP contribution in [0.4, 0.5) is 11.4 Å². The summed E-state index contributed by atoms with van der Waals surface area (Å²) in [6.45, 7) is 4.65. The summed E-state index contributed by atoms with van der Waals surface area (Å²) < 4.78 is 9.35.